The molecule has 5 nitrogen and oxygen atoms in total. The first-order valence-corrected chi connectivity index (χ1v) is 8.45. The molecule has 1 atom stereocenters. The molecule has 0 unspecified atom stereocenters. The molecule has 0 amide bonds. The molecule has 4 N–H and O–H groups in total. The molecule has 0 saturated carbocycles. The minimum atomic E-state index is -1.03. The van der Waals surface area contributed by atoms with Crippen LogP contribution in [0.15, 0.2) is 78.4 Å². The second-order valence-corrected chi connectivity index (χ2v) is 6.29. The number of nitrogens with two attached hydrogens (primary N) is 1. The van der Waals surface area contributed by atoms with Crippen LogP contribution in [0.4, 0.5) is 0 Å². The molecule has 5 heteroatoms. The molecule has 0 spiro atoms. The Bertz CT molecular complexity index is 933. The molecule has 2 aromatic rings. The average Bonchev–Trinajstić information content (AvgIpc) is 2.66. The van der Waals surface area contributed by atoms with Crippen LogP contribution in [-0.4, -0.2) is 28.0 Å². The van der Waals surface area contributed by atoms with Gasteiger partial charge in [0.25, 0.3) is 0 Å². The lowest BCUT2D eigenvalue weighted by Crippen LogP contribution is -2.32. The number of ketones is 1. The highest BCUT2D eigenvalue weighted by Gasteiger charge is 2.14. The summed E-state index contributed by atoms with van der Waals surface area (Å²) in [5, 5.41) is 18.5. The first kappa shape index (κ1) is 18.4. The Morgan fingerprint density at radius 1 is 0.889 bits per heavy atom. The number of aliphatic carboxylic acids is 1. The zero-order valence-electron chi connectivity index (χ0n) is 14.5. The third kappa shape index (κ3) is 4.40. The Labute approximate surface area is 156 Å². The Balaban J connectivity index is 2.01. The van der Waals surface area contributed by atoms with Gasteiger partial charge in [-0.05, 0) is 58.5 Å². The molecule has 136 valence electrons. The molecule has 0 saturated heterocycles. The van der Waals surface area contributed by atoms with E-state index in [1.807, 2.05) is 36.4 Å². The minimum Gasteiger partial charge on any atom is -0.508 e. The number of allylic oxidation sites excluding steroid dienone is 5. The van der Waals surface area contributed by atoms with Crippen molar-refractivity contribution in [3.63, 3.8) is 0 Å². The first-order valence-electron chi connectivity index (χ1n) is 8.45. The van der Waals surface area contributed by atoms with Crippen molar-refractivity contribution >= 4 is 17.3 Å². The lowest BCUT2D eigenvalue weighted by atomic mass is 9.90. The summed E-state index contributed by atoms with van der Waals surface area (Å²) < 4.78 is 0. The summed E-state index contributed by atoms with van der Waals surface area (Å²) in [6.45, 7) is 0. The number of carboxylic acid groups (broad SMARTS) is 1. The Morgan fingerprint density at radius 2 is 1.41 bits per heavy atom. The first-order chi connectivity index (χ1) is 12.9. The zero-order chi connectivity index (χ0) is 19.4. The lowest BCUT2D eigenvalue weighted by molar-refractivity contribution is -0.138. The third-order valence-corrected chi connectivity index (χ3v) is 4.31. The van der Waals surface area contributed by atoms with Crippen molar-refractivity contribution < 1.29 is 19.8 Å². The number of aromatic hydroxyl groups is 1. The number of carbonyl (C=O) groups excluding carboxylic acids is 1. The largest absolute Gasteiger partial charge is 0.508 e. The molecule has 1 aliphatic carbocycles. The molecule has 2 aromatic carbocycles. The van der Waals surface area contributed by atoms with Gasteiger partial charge in [0.1, 0.15) is 11.8 Å². The van der Waals surface area contributed by atoms with Crippen molar-refractivity contribution in [3.05, 3.63) is 95.1 Å². The van der Waals surface area contributed by atoms with Crippen molar-refractivity contribution in [3.8, 4) is 5.75 Å². The number of hydrogen-bond donors (Lipinski definition) is 3. The quantitative estimate of drug-likeness (QED) is 0.760. The fourth-order valence-electron chi connectivity index (χ4n) is 2.90. The van der Waals surface area contributed by atoms with Gasteiger partial charge >= 0.3 is 5.97 Å². The van der Waals surface area contributed by atoms with Gasteiger partial charge in [-0.25, -0.2) is 0 Å². The second-order valence-electron chi connectivity index (χ2n) is 6.29. The molecule has 0 bridgehead atoms. The molecule has 3 rings (SSSR count). The van der Waals surface area contributed by atoms with E-state index in [0.29, 0.717) is 0 Å². The van der Waals surface area contributed by atoms with E-state index >= 15 is 0 Å². The summed E-state index contributed by atoms with van der Waals surface area (Å²) in [6.07, 6.45) is 6.79. The van der Waals surface area contributed by atoms with Crippen molar-refractivity contribution in [1.82, 2.24) is 0 Å². The molecular formula is C22H19NO4. The summed E-state index contributed by atoms with van der Waals surface area (Å²) >= 11 is 0. The van der Waals surface area contributed by atoms with Crippen molar-refractivity contribution in [2.24, 2.45) is 5.73 Å². The maximum absolute atomic E-state index is 11.5. The second kappa shape index (κ2) is 7.85. The molecule has 0 radical (unpaired) electrons. The van der Waals surface area contributed by atoms with Crippen LogP contribution in [0.1, 0.15) is 16.7 Å². The van der Waals surface area contributed by atoms with Gasteiger partial charge in [-0.3, -0.25) is 9.59 Å². The highest BCUT2D eigenvalue weighted by Crippen LogP contribution is 2.30. The number of phenolic OH excluding ortho intramolecular Hbond substituents is 1. The van der Waals surface area contributed by atoms with Gasteiger partial charge < -0.3 is 15.9 Å². The molecule has 27 heavy (non-hydrogen) atoms. The monoisotopic (exact) mass is 361 g/mol. The standard InChI is InChI=1S/C22H19NO4/c23-20(22(26)27)13-14-1-3-15(4-2-14)21(16-5-9-18(24)10-6-16)17-7-11-19(25)12-8-17/h1-12,20,24H,13,23H2,(H,26,27)/t20-/m1/s1. The smallest absolute Gasteiger partial charge is 0.320 e. The normalized spacial score (nSPS) is 14.3. The summed E-state index contributed by atoms with van der Waals surface area (Å²) in [5.74, 6) is -0.930. The Hall–Kier alpha value is -3.44. The Kier molecular flexibility index (Phi) is 5.33. The van der Waals surface area contributed by atoms with Crippen LogP contribution < -0.4 is 5.73 Å². The average molecular weight is 361 g/mol. The summed E-state index contributed by atoms with van der Waals surface area (Å²) in [5.41, 5.74) is 10.0. The van der Waals surface area contributed by atoms with Crippen molar-refractivity contribution in [2.45, 2.75) is 12.5 Å². The van der Waals surface area contributed by atoms with Gasteiger partial charge in [-0.15, -0.1) is 0 Å². The number of rotatable bonds is 5. The van der Waals surface area contributed by atoms with Crippen LogP contribution in [0.5, 0.6) is 5.75 Å². The van der Waals surface area contributed by atoms with E-state index in [1.165, 1.54) is 12.2 Å². The van der Waals surface area contributed by atoms with Crippen LogP contribution in [-0.2, 0) is 16.0 Å². The van der Waals surface area contributed by atoms with Gasteiger partial charge in [0.15, 0.2) is 5.78 Å². The SMILES string of the molecule is N[C@H](Cc1ccc(C(=C2C=CC(=O)C=C2)c2ccc(O)cc2)cc1)C(=O)O. The van der Waals surface area contributed by atoms with Crippen LogP contribution in [0, 0.1) is 0 Å². The molecule has 0 aromatic heterocycles. The minimum absolute atomic E-state index is 0.0678. The fourth-order valence-corrected chi connectivity index (χ4v) is 2.90. The molecule has 1 aliphatic rings. The van der Waals surface area contributed by atoms with E-state index in [9.17, 15) is 14.7 Å². The van der Waals surface area contributed by atoms with Crippen LogP contribution >= 0.6 is 0 Å². The number of carboxylic acids is 1. The van der Waals surface area contributed by atoms with Crippen molar-refractivity contribution in [2.75, 3.05) is 0 Å². The maximum atomic E-state index is 11.5. The highest BCUT2D eigenvalue weighted by molar-refractivity contribution is 6.03. The van der Waals surface area contributed by atoms with Gasteiger partial charge in [-0.1, -0.05) is 48.6 Å². The van der Waals surface area contributed by atoms with Crippen LogP contribution in [0.25, 0.3) is 5.57 Å². The predicted octanol–water partition coefficient (Wildman–Crippen LogP) is 2.84. The van der Waals surface area contributed by atoms with E-state index in [4.69, 9.17) is 10.8 Å². The highest BCUT2D eigenvalue weighted by atomic mass is 16.4. The Morgan fingerprint density at radius 3 is 1.93 bits per heavy atom. The fraction of sp³-hybridized carbons (Fsp3) is 0.0909. The van der Waals surface area contributed by atoms with E-state index in [-0.39, 0.29) is 18.0 Å². The summed E-state index contributed by atoms with van der Waals surface area (Å²) in [6, 6.07) is 13.4. The predicted molar refractivity (Wildman–Crippen MR) is 103 cm³/mol. The van der Waals surface area contributed by atoms with Crippen LogP contribution in [0.3, 0.4) is 0 Å². The van der Waals surface area contributed by atoms with Gasteiger partial charge in [0.05, 0.1) is 0 Å². The van der Waals surface area contributed by atoms with Gasteiger partial charge in [0, 0.05) is 0 Å². The van der Waals surface area contributed by atoms with E-state index < -0.39 is 12.0 Å². The number of phenols is 1. The molecular weight excluding hydrogens is 342 g/mol. The summed E-state index contributed by atoms with van der Waals surface area (Å²) in [7, 11) is 0. The van der Waals surface area contributed by atoms with Gasteiger partial charge in [-0.2, -0.15) is 0 Å². The molecule has 0 aliphatic heterocycles. The van der Waals surface area contributed by atoms with E-state index in [0.717, 1.165) is 27.8 Å². The molecule has 0 fully saturated rings. The third-order valence-electron chi connectivity index (χ3n) is 4.31. The van der Waals surface area contributed by atoms with Gasteiger partial charge in [0.2, 0.25) is 0 Å². The summed E-state index contributed by atoms with van der Waals surface area (Å²) in [4.78, 5) is 22.4. The van der Waals surface area contributed by atoms with E-state index in [2.05, 4.69) is 0 Å². The molecule has 0 heterocycles. The number of carbonyl (C=O) groups is 2. The number of benzene rings is 2. The maximum Gasteiger partial charge on any atom is 0.320 e. The number of hydrogen-bond acceptors (Lipinski definition) is 4. The zero-order valence-corrected chi connectivity index (χ0v) is 14.5. The van der Waals surface area contributed by atoms with Crippen molar-refractivity contribution in [1.29, 1.82) is 0 Å². The lowest BCUT2D eigenvalue weighted by Gasteiger charge is -2.14. The van der Waals surface area contributed by atoms with Crippen LogP contribution in [0.2, 0.25) is 0 Å². The van der Waals surface area contributed by atoms with E-state index in [1.54, 1.807) is 24.3 Å². The topological polar surface area (TPSA) is 101 Å².